The smallest absolute Gasteiger partial charge is 0.240 e. The van der Waals surface area contributed by atoms with Crippen LogP contribution in [0.25, 0.3) is 0 Å². The zero-order chi connectivity index (χ0) is 20.3. The Labute approximate surface area is 168 Å². The fourth-order valence-corrected chi connectivity index (χ4v) is 4.72. The van der Waals surface area contributed by atoms with Crippen molar-refractivity contribution >= 4 is 21.4 Å². The standard InChI is InChI=1S/C19H22FN3O3S2/c1-4-26-19-6-5-16(10-17(19)20)28(24,25)21-11-18(15-7-8-27-12-15)23-14(3)9-13(2)22-23/h5-10,12,18,21H,4,11H2,1-3H3/t18-/m0/s1. The monoisotopic (exact) mass is 423 g/mol. The van der Waals surface area contributed by atoms with Crippen molar-refractivity contribution in [3.8, 4) is 5.75 Å². The van der Waals surface area contributed by atoms with Crippen LogP contribution in [-0.2, 0) is 10.0 Å². The predicted octanol–water partition coefficient (Wildman–Crippen LogP) is 3.67. The summed E-state index contributed by atoms with van der Waals surface area (Å²) >= 11 is 1.53. The highest BCUT2D eigenvalue weighted by atomic mass is 32.2. The number of nitrogens with one attached hydrogen (secondary N) is 1. The molecule has 9 heteroatoms. The SMILES string of the molecule is CCOc1ccc(S(=O)(=O)NC[C@@H](c2ccsc2)n2nc(C)cc2C)cc1F. The normalized spacial score (nSPS) is 12.9. The summed E-state index contributed by atoms with van der Waals surface area (Å²) in [4.78, 5) is -0.147. The third kappa shape index (κ3) is 4.43. The Balaban J connectivity index is 1.84. The molecule has 0 aliphatic carbocycles. The molecule has 0 unspecified atom stereocenters. The van der Waals surface area contributed by atoms with E-state index >= 15 is 0 Å². The summed E-state index contributed by atoms with van der Waals surface area (Å²) < 4.78 is 49.0. The molecule has 0 radical (unpaired) electrons. The average molecular weight is 424 g/mol. The lowest BCUT2D eigenvalue weighted by Crippen LogP contribution is -2.32. The van der Waals surface area contributed by atoms with Gasteiger partial charge in [0, 0.05) is 12.2 Å². The molecule has 0 amide bonds. The van der Waals surface area contributed by atoms with Gasteiger partial charge in [0.15, 0.2) is 11.6 Å². The van der Waals surface area contributed by atoms with Gasteiger partial charge in [-0.1, -0.05) is 0 Å². The van der Waals surface area contributed by atoms with Crippen LogP contribution in [0.4, 0.5) is 4.39 Å². The molecule has 0 bridgehead atoms. The Morgan fingerprint density at radius 1 is 1.29 bits per heavy atom. The number of sulfonamides is 1. The van der Waals surface area contributed by atoms with Crippen molar-refractivity contribution in [2.45, 2.75) is 31.7 Å². The maximum absolute atomic E-state index is 14.1. The van der Waals surface area contributed by atoms with Gasteiger partial charge < -0.3 is 4.74 Å². The number of ether oxygens (including phenoxy) is 1. The quantitative estimate of drug-likeness (QED) is 0.600. The minimum absolute atomic E-state index is 0.0280. The van der Waals surface area contributed by atoms with Crippen molar-refractivity contribution in [1.82, 2.24) is 14.5 Å². The van der Waals surface area contributed by atoms with E-state index in [9.17, 15) is 12.8 Å². The average Bonchev–Trinajstić information content (AvgIpc) is 3.27. The van der Waals surface area contributed by atoms with Crippen LogP contribution in [0.1, 0.15) is 29.9 Å². The van der Waals surface area contributed by atoms with Crippen LogP contribution >= 0.6 is 11.3 Å². The second-order valence-electron chi connectivity index (χ2n) is 6.32. The molecular formula is C19H22FN3O3S2. The van der Waals surface area contributed by atoms with Crippen molar-refractivity contribution in [2.24, 2.45) is 0 Å². The van der Waals surface area contributed by atoms with Crippen LogP contribution in [0, 0.1) is 19.7 Å². The number of thiophene rings is 1. The Morgan fingerprint density at radius 3 is 2.64 bits per heavy atom. The van der Waals surface area contributed by atoms with E-state index in [1.54, 1.807) is 11.6 Å². The third-order valence-electron chi connectivity index (χ3n) is 4.25. The molecule has 2 heterocycles. The van der Waals surface area contributed by atoms with Crippen LogP contribution in [-0.4, -0.2) is 31.3 Å². The van der Waals surface area contributed by atoms with Gasteiger partial charge in [0.1, 0.15) is 0 Å². The number of hydrogen-bond acceptors (Lipinski definition) is 5. The van der Waals surface area contributed by atoms with Gasteiger partial charge in [-0.3, -0.25) is 4.68 Å². The molecule has 0 aliphatic rings. The second-order valence-corrected chi connectivity index (χ2v) is 8.87. The van der Waals surface area contributed by atoms with Crippen LogP contribution in [0.5, 0.6) is 5.75 Å². The number of hydrogen-bond donors (Lipinski definition) is 1. The van der Waals surface area contributed by atoms with E-state index in [2.05, 4.69) is 9.82 Å². The molecule has 3 rings (SSSR count). The first-order valence-corrected chi connectivity index (χ1v) is 11.2. The number of halogens is 1. The van der Waals surface area contributed by atoms with Gasteiger partial charge in [0.25, 0.3) is 0 Å². The van der Waals surface area contributed by atoms with Gasteiger partial charge in [-0.25, -0.2) is 17.5 Å². The fraction of sp³-hybridized carbons (Fsp3) is 0.316. The summed E-state index contributed by atoms with van der Waals surface area (Å²) in [5, 5.41) is 8.40. The number of benzene rings is 1. The number of aryl methyl sites for hydroxylation is 2. The highest BCUT2D eigenvalue weighted by Gasteiger charge is 2.22. The highest BCUT2D eigenvalue weighted by Crippen LogP contribution is 2.24. The van der Waals surface area contributed by atoms with Gasteiger partial charge in [-0.2, -0.15) is 16.4 Å². The van der Waals surface area contributed by atoms with Crippen LogP contribution in [0.15, 0.2) is 46.0 Å². The van der Waals surface area contributed by atoms with Crippen molar-refractivity contribution < 1.29 is 17.5 Å². The second kappa shape index (κ2) is 8.42. The lowest BCUT2D eigenvalue weighted by Gasteiger charge is -2.19. The number of nitrogens with zero attached hydrogens (tertiary/aromatic N) is 2. The van der Waals surface area contributed by atoms with Gasteiger partial charge in [0.05, 0.1) is 23.2 Å². The van der Waals surface area contributed by atoms with Crippen molar-refractivity contribution in [1.29, 1.82) is 0 Å². The zero-order valence-electron chi connectivity index (χ0n) is 15.8. The number of rotatable bonds is 8. The van der Waals surface area contributed by atoms with Crippen LogP contribution in [0.2, 0.25) is 0 Å². The predicted molar refractivity (Wildman–Crippen MR) is 107 cm³/mol. The molecule has 0 saturated carbocycles. The molecule has 28 heavy (non-hydrogen) atoms. The minimum atomic E-state index is -3.90. The molecule has 0 spiro atoms. The Bertz CT molecular complexity index is 1050. The summed E-state index contributed by atoms with van der Waals surface area (Å²) in [5.41, 5.74) is 2.74. The summed E-state index contributed by atoms with van der Waals surface area (Å²) in [6, 6.07) is 7.20. The first-order valence-electron chi connectivity index (χ1n) is 8.78. The molecule has 0 fully saturated rings. The zero-order valence-corrected chi connectivity index (χ0v) is 17.5. The first kappa shape index (κ1) is 20.5. The summed E-state index contributed by atoms with van der Waals surface area (Å²) in [7, 11) is -3.90. The van der Waals surface area contributed by atoms with E-state index in [1.807, 2.05) is 36.7 Å². The molecule has 0 aliphatic heterocycles. The van der Waals surface area contributed by atoms with Crippen molar-refractivity contribution in [2.75, 3.05) is 13.2 Å². The van der Waals surface area contributed by atoms with Gasteiger partial charge >= 0.3 is 0 Å². The summed E-state index contributed by atoms with van der Waals surface area (Å²) in [5.74, 6) is -0.683. The molecule has 1 atom stereocenters. The largest absolute Gasteiger partial charge is 0.491 e. The maximum Gasteiger partial charge on any atom is 0.240 e. The fourth-order valence-electron chi connectivity index (χ4n) is 2.96. The maximum atomic E-state index is 14.1. The van der Waals surface area contributed by atoms with E-state index in [0.717, 1.165) is 23.0 Å². The van der Waals surface area contributed by atoms with Crippen LogP contribution < -0.4 is 9.46 Å². The molecule has 150 valence electrons. The lowest BCUT2D eigenvalue weighted by atomic mass is 10.1. The van der Waals surface area contributed by atoms with E-state index in [1.165, 1.54) is 23.5 Å². The first-order chi connectivity index (χ1) is 13.3. The Kier molecular flexibility index (Phi) is 6.17. The highest BCUT2D eigenvalue weighted by molar-refractivity contribution is 7.89. The lowest BCUT2D eigenvalue weighted by molar-refractivity contribution is 0.321. The summed E-state index contributed by atoms with van der Waals surface area (Å²) in [6.07, 6.45) is 0. The van der Waals surface area contributed by atoms with E-state index < -0.39 is 15.8 Å². The molecular weight excluding hydrogens is 401 g/mol. The molecule has 1 N–H and O–H groups in total. The van der Waals surface area contributed by atoms with Crippen molar-refractivity contribution in [3.05, 3.63) is 63.9 Å². The molecule has 3 aromatic rings. The Morgan fingerprint density at radius 2 is 2.07 bits per heavy atom. The van der Waals surface area contributed by atoms with Gasteiger partial charge in [0.2, 0.25) is 10.0 Å². The molecule has 0 saturated heterocycles. The van der Waals surface area contributed by atoms with Gasteiger partial charge in [-0.05, 0) is 67.4 Å². The number of aromatic nitrogens is 2. The Hall–Kier alpha value is -2.23. The minimum Gasteiger partial charge on any atom is -0.491 e. The van der Waals surface area contributed by atoms with Crippen LogP contribution in [0.3, 0.4) is 0 Å². The van der Waals surface area contributed by atoms with E-state index in [0.29, 0.717) is 6.61 Å². The topological polar surface area (TPSA) is 73.2 Å². The molecule has 6 nitrogen and oxygen atoms in total. The molecule has 2 aromatic heterocycles. The molecule has 1 aromatic carbocycles. The van der Waals surface area contributed by atoms with Gasteiger partial charge in [-0.15, -0.1) is 0 Å². The van der Waals surface area contributed by atoms with Crippen molar-refractivity contribution in [3.63, 3.8) is 0 Å². The third-order valence-corrected chi connectivity index (χ3v) is 6.37. The summed E-state index contributed by atoms with van der Waals surface area (Å²) in [6.45, 7) is 5.94. The van der Waals surface area contributed by atoms with E-state index in [4.69, 9.17) is 4.74 Å². The van der Waals surface area contributed by atoms with E-state index in [-0.39, 0.29) is 23.2 Å².